The van der Waals surface area contributed by atoms with E-state index in [0.29, 0.717) is 36.1 Å². The van der Waals surface area contributed by atoms with Crippen LogP contribution in [0.2, 0.25) is 5.02 Å². The Morgan fingerprint density at radius 2 is 1.77 bits per heavy atom. The van der Waals surface area contributed by atoms with Crippen LogP contribution in [0.4, 0.5) is 0 Å². The molecule has 1 saturated heterocycles. The normalized spacial score (nSPS) is 16.6. The van der Waals surface area contributed by atoms with Gasteiger partial charge in [-0.15, -0.1) is 0 Å². The lowest BCUT2D eigenvalue weighted by Gasteiger charge is -2.34. The van der Waals surface area contributed by atoms with Crippen LogP contribution in [0.15, 0.2) is 47.4 Å². The van der Waals surface area contributed by atoms with Crippen molar-refractivity contribution in [3.8, 4) is 5.75 Å². The SMILES string of the molecule is COc1ccccc1CN1CCN(S(=O)(=O)c2ccc(Cl)c(C)c2)CC1. The first-order valence-corrected chi connectivity index (χ1v) is 10.3. The Morgan fingerprint density at radius 3 is 2.42 bits per heavy atom. The van der Waals surface area contributed by atoms with Gasteiger partial charge in [-0.05, 0) is 36.8 Å². The van der Waals surface area contributed by atoms with Crippen LogP contribution in [-0.2, 0) is 16.6 Å². The van der Waals surface area contributed by atoms with Crippen molar-refractivity contribution in [3.05, 3.63) is 58.6 Å². The van der Waals surface area contributed by atoms with Crippen LogP contribution in [0, 0.1) is 6.92 Å². The number of aryl methyl sites for hydroxylation is 1. The highest BCUT2D eigenvalue weighted by molar-refractivity contribution is 7.89. The summed E-state index contributed by atoms with van der Waals surface area (Å²) in [5.74, 6) is 0.860. The van der Waals surface area contributed by atoms with Gasteiger partial charge in [0, 0.05) is 43.3 Å². The number of hydrogen-bond acceptors (Lipinski definition) is 4. The van der Waals surface area contributed by atoms with Crippen LogP contribution in [0.1, 0.15) is 11.1 Å². The molecule has 1 fully saturated rings. The molecule has 1 aliphatic rings. The van der Waals surface area contributed by atoms with Crippen molar-refractivity contribution in [2.45, 2.75) is 18.4 Å². The molecule has 5 nitrogen and oxygen atoms in total. The van der Waals surface area contributed by atoms with Crippen molar-refractivity contribution in [2.24, 2.45) is 0 Å². The number of nitrogens with zero attached hydrogens (tertiary/aromatic N) is 2. The Morgan fingerprint density at radius 1 is 1.08 bits per heavy atom. The highest BCUT2D eigenvalue weighted by atomic mass is 35.5. The Labute approximate surface area is 160 Å². The third-order valence-electron chi connectivity index (χ3n) is 4.68. The van der Waals surface area contributed by atoms with E-state index < -0.39 is 10.0 Å². The third kappa shape index (κ3) is 4.04. The second-order valence-electron chi connectivity index (χ2n) is 6.40. The molecule has 2 aromatic carbocycles. The van der Waals surface area contributed by atoms with E-state index in [-0.39, 0.29) is 0 Å². The first-order valence-electron chi connectivity index (χ1n) is 8.52. The lowest BCUT2D eigenvalue weighted by molar-refractivity contribution is 0.180. The fourth-order valence-electron chi connectivity index (χ4n) is 3.13. The number of benzene rings is 2. The summed E-state index contributed by atoms with van der Waals surface area (Å²) in [6.07, 6.45) is 0. The van der Waals surface area contributed by atoms with Gasteiger partial charge in [-0.25, -0.2) is 8.42 Å². The van der Waals surface area contributed by atoms with E-state index in [1.807, 2.05) is 31.2 Å². The van der Waals surface area contributed by atoms with Crippen LogP contribution < -0.4 is 4.74 Å². The van der Waals surface area contributed by atoms with Gasteiger partial charge >= 0.3 is 0 Å². The van der Waals surface area contributed by atoms with E-state index in [0.717, 1.165) is 23.4 Å². The van der Waals surface area contributed by atoms with Crippen molar-refractivity contribution >= 4 is 21.6 Å². The van der Waals surface area contributed by atoms with Gasteiger partial charge in [-0.2, -0.15) is 4.31 Å². The van der Waals surface area contributed by atoms with Crippen molar-refractivity contribution < 1.29 is 13.2 Å². The number of halogens is 1. The molecule has 0 atom stereocenters. The number of hydrogen-bond donors (Lipinski definition) is 0. The predicted molar refractivity (Wildman–Crippen MR) is 103 cm³/mol. The highest BCUT2D eigenvalue weighted by Crippen LogP contribution is 2.24. The molecule has 1 aliphatic heterocycles. The molecule has 0 spiro atoms. The topological polar surface area (TPSA) is 49.9 Å². The Kier molecular flexibility index (Phi) is 5.87. The van der Waals surface area contributed by atoms with E-state index in [1.54, 1.807) is 29.6 Å². The van der Waals surface area contributed by atoms with E-state index in [1.165, 1.54) is 0 Å². The standard InChI is InChI=1S/C19H23ClN2O3S/c1-15-13-17(7-8-18(15)20)26(23,24)22-11-9-21(10-12-22)14-16-5-3-4-6-19(16)25-2/h3-8,13H,9-12,14H2,1-2H3. The molecule has 3 rings (SSSR count). The van der Waals surface area contributed by atoms with Crippen molar-refractivity contribution in [1.29, 1.82) is 0 Å². The molecule has 2 aromatic rings. The molecule has 0 saturated carbocycles. The molecule has 1 heterocycles. The van der Waals surface area contributed by atoms with Crippen molar-refractivity contribution in [3.63, 3.8) is 0 Å². The molecule has 0 radical (unpaired) electrons. The monoisotopic (exact) mass is 394 g/mol. The summed E-state index contributed by atoms with van der Waals surface area (Å²) in [6.45, 7) is 4.87. The highest BCUT2D eigenvalue weighted by Gasteiger charge is 2.29. The number of ether oxygens (including phenoxy) is 1. The summed E-state index contributed by atoms with van der Waals surface area (Å²) in [7, 11) is -1.82. The number of methoxy groups -OCH3 is 1. The third-order valence-corrected chi connectivity index (χ3v) is 7.00. The zero-order valence-corrected chi connectivity index (χ0v) is 16.6. The van der Waals surface area contributed by atoms with Gasteiger partial charge < -0.3 is 4.74 Å². The van der Waals surface area contributed by atoms with Crippen molar-refractivity contribution in [2.75, 3.05) is 33.3 Å². The van der Waals surface area contributed by atoms with E-state index in [9.17, 15) is 8.42 Å². The Bertz CT molecular complexity index is 878. The average molecular weight is 395 g/mol. The zero-order chi connectivity index (χ0) is 18.7. The second kappa shape index (κ2) is 7.96. The van der Waals surface area contributed by atoms with Gasteiger partial charge in [0.15, 0.2) is 0 Å². The molecule has 0 bridgehead atoms. The minimum Gasteiger partial charge on any atom is -0.496 e. The number of para-hydroxylation sites is 1. The molecule has 26 heavy (non-hydrogen) atoms. The largest absolute Gasteiger partial charge is 0.496 e. The lowest BCUT2D eigenvalue weighted by atomic mass is 10.2. The van der Waals surface area contributed by atoms with Crippen LogP contribution >= 0.6 is 11.6 Å². The van der Waals surface area contributed by atoms with Gasteiger partial charge in [-0.1, -0.05) is 29.8 Å². The van der Waals surface area contributed by atoms with Gasteiger partial charge in [-0.3, -0.25) is 4.90 Å². The molecular formula is C19H23ClN2O3S. The van der Waals surface area contributed by atoms with Crippen LogP contribution in [0.3, 0.4) is 0 Å². The Hall–Kier alpha value is -1.60. The van der Waals surface area contributed by atoms with Gasteiger partial charge in [0.2, 0.25) is 10.0 Å². The lowest BCUT2D eigenvalue weighted by Crippen LogP contribution is -2.48. The summed E-state index contributed by atoms with van der Waals surface area (Å²) < 4.78 is 32.7. The first kappa shape index (κ1) is 19.2. The summed E-state index contributed by atoms with van der Waals surface area (Å²) >= 11 is 6.01. The number of sulfonamides is 1. The maximum atomic E-state index is 12.9. The summed E-state index contributed by atoms with van der Waals surface area (Å²) in [5, 5.41) is 0.575. The molecule has 0 N–H and O–H groups in total. The second-order valence-corrected chi connectivity index (χ2v) is 8.75. The van der Waals surface area contributed by atoms with Gasteiger partial charge in [0.1, 0.15) is 5.75 Å². The number of rotatable bonds is 5. The minimum absolute atomic E-state index is 0.303. The summed E-state index contributed by atoms with van der Waals surface area (Å²) in [4.78, 5) is 2.55. The van der Waals surface area contributed by atoms with E-state index in [2.05, 4.69) is 4.90 Å². The quantitative estimate of drug-likeness (QED) is 0.781. The van der Waals surface area contributed by atoms with E-state index in [4.69, 9.17) is 16.3 Å². The smallest absolute Gasteiger partial charge is 0.243 e. The van der Waals surface area contributed by atoms with Crippen LogP contribution in [0.25, 0.3) is 0 Å². The van der Waals surface area contributed by atoms with E-state index >= 15 is 0 Å². The zero-order valence-electron chi connectivity index (χ0n) is 15.0. The molecule has 0 amide bonds. The predicted octanol–water partition coefficient (Wildman–Crippen LogP) is 3.16. The molecule has 0 unspecified atom stereocenters. The van der Waals surface area contributed by atoms with Crippen LogP contribution in [0.5, 0.6) is 5.75 Å². The van der Waals surface area contributed by atoms with Gasteiger partial charge in [0.25, 0.3) is 0 Å². The molecule has 7 heteroatoms. The number of piperazine rings is 1. The van der Waals surface area contributed by atoms with Gasteiger partial charge in [0.05, 0.1) is 12.0 Å². The molecule has 0 aromatic heterocycles. The first-order chi connectivity index (χ1) is 12.4. The van der Waals surface area contributed by atoms with Crippen LogP contribution in [-0.4, -0.2) is 50.9 Å². The Balaban J connectivity index is 1.67. The fourth-order valence-corrected chi connectivity index (χ4v) is 4.75. The average Bonchev–Trinajstić information content (AvgIpc) is 2.65. The fraction of sp³-hybridized carbons (Fsp3) is 0.368. The summed E-state index contributed by atoms with van der Waals surface area (Å²) in [5.41, 5.74) is 1.88. The maximum absolute atomic E-state index is 12.9. The molecule has 140 valence electrons. The minimum atomic E-state index is -3.49. The van der Waals surface area contributed by atoms with Crippen molar-refractivity contribution in [1.82, 2.24) is 9.21 Å². The maximum Gasteiger partial charge on any atom is 0.243 e. The molecular weight excluding hydrogens is 372 g/mol. The summed E-state index contributed by atoms with van der Waals surface area (Å²) in [6, 6.07) is 12.8. The molecule has 0 aliphatic carbocycles.